The van der Waals surface area contributed by atoms with E-state index in [1.165, 1.54) is 0 Å². The molecule has 0 fully saturated rings. The van der Waals surface area contributed by atoms with Crippen molar-refractivity contribution in [1.82, 2.24) is 10.6 Å². The molecule has 0 aromatic carbocycles. The molecule has 0 bridgehead atoms. The van der Waals surface area contributed by atoms with Crippen LogP contribution in [0.2, 0.25) is 0 Å². The van der Waals surface area contributed by atoms with E-state index < -0.39 is 23.3 Å². The van der Waals surface area contributed by atoms with Gasteiger partial charge in [-0.25, -0.2) is 4.79 Å². The number of carbonyl (C=O) groups is 3. The summed E-state index contributed by atoms with van der Waals surface area (Å²) in [5, 5.41) is 13.4. The summed E-state index contributed by atoms with van der Waals surface area (Å²) < 4.78 is 4.81. The number of carbonyl (C=O) groups excluding carboxylic acids is 2. The second kappa shape index (κ2) is 8.47. The molecule has 0 aliphatic carbocycles. The van der Waals surface area contributed by atoms with Crippen molar-refractivity contribution in [2.45, 2.75) is 33.1 Å². The van der Waals surface area contributed by atoms with Crippen molar-refractivity contribution in [1.29, 1.82) is 0 Å². The molecule has 0 heterocycles. The molecule has 0 atom stereocenters. The van der Waals surface area contributed by atoms with Gasteiger partial charge in [0.25, 0.3) is 0 Å². The highest BCUT2D eigenvalue weighted by Crippen LogP contribution is 2.24. The molecule has 0 saturated heterocycles. The van der Waals surface area contributed by atoms with Crippen molar-refractivity contribution >= 4 is 17.9 Å². The Morgan fingerprint density at radius 3 is 2.37 bits per heavy atom. The summed E-state index contributed by atoms with van der Waals surface area (Å²) in [6.07, 6.45) is 0.503. The van der Waals surface area contributed by atoms with Crippen molar-refractivity contribution in [3.63, 3.8) is 0 Å². The smallest absolute Gasteiger partial charge is 0.321 e. The number of hydrogen-bond acceptors (Lipinski definition) is 4. The van der Waals surface area contributed by atoms with Gasteiger partial charge < -0.3 is 15.2 Å². The van der Waals surface area contributed by atoms with Crippen molar-refractivity contribution in [3.8, 4) is 0 Å². The molecule has 0 spiro atoms. The average molecular weight is 274 g/mol. The number of imide groups is 1. The maximum Gasteiger partial charge on any atom is 0.321 e. The van der Waals surface area contributed by atoms with Crippen molar-refractivity contribution in [2.24, 2.45) is 5.41 Å². The molecular weight excluding hydrogens is 252 g/mol. The van der Waals surface area contributed by atoms with Gasteiger partial charge in [-0.15, -0.1) is 0 Å². The Kier molecular flexibility index (Phi) is 7.74. The Morgan fingerprint density at radius 1 is 1.21 bits per heavy atom. The van der Waals surface area contributed by atoms with E-state index in [2.05, 4.69) is 10.6 Å². The fourth-order valence-electron chi connectivity index (χ4n) is 1.54. The Hall–Kier alpha value is -1.63. The van der Waals surface area contributed by atoms with Gasteiger partial charge in [0, 0.05) is 26.7 Å². The highest BCUT2D eigenvalue weighted by atomic mass is 16.5. The number of urea groups is 1. The molecule has 0 aliphatic rings. The summed E-state index contributed by atoms with van der Waals surface area (Å²) in [6, 6.07) is -0.577. The Labute approximate surface area is 112 Å². The normalized spacial score (nSPS) is 10.9. The predicted molar refractivity (Wildman–Crippen MR) is 68.7 cm³/mol. The number of ether oxygens (including phenoxy) is 1. The molecule has 0 saturated carbocycles. The molecule has 0 rings (SSSR count). The van der Waals surface area contributed by atoms with Gasteiger partial charge >= 0.3 is 12.0 Å². The van der Waals surface area contributed by atoms with E-state index in [-0.39, 0.29) is 12.8 Å². The number of aliphatic carboxylic acids is 1. The zero-order valence-corrected chi connectivity index (χ0v) is 11.6. The zero-order valence-electron chi connectivity index (χ0n) is 11.6. The van der Waals surface area contributed by atoms with E-state index in [1.54, 1.807) is 21.0 Å². The van der Waals surface area contributed by atoms with Gasteiger partial charge in [0.1, 0.15) is 0 Å². The minimum Gasteiger partial charge on any atom is -0.481 e. The fraction of sp³-hybridized carbons (Fsp3) is 0.750. The number of carboxylic acids is 1. The molecule has 110 valence electrons. The summed E-state index contributed by atoms with van der Waals surface area (Å²) in [4.78, 5) is 33.5. The van der Waals surface area contributed by atoms with E-state index >= 15 is 0 Å². The van der Waals surface area contributed by atoms with Gasteiger partial charge in [-0.3, -0.25) is 14.9 Å². The maximum absolute atomic E-state index is 11.5. The number of carboxylic acid groups (broad SMARTS) is 1. The second-order valence-corrected chi connectivity index (χ2v) is 5.06. The highest BCUT2D eigenvalue weighted by molar-refractivity contribution is 5.94. The maximum atomic E-state index is 11.5. The molecule has 0 radical (unpaired) electrons. The van der Waals surface area contributed by atoms with Crippen LogP contribution in [0.25, 0.3) is 0 Å². The van der Waals surface area contributed by atoms with Crippen LogP contribution in [0, 0.1) is 5.41 Å². The monoisotopic (exact) mass is 274 g/mol. The van der Waals surface area contributed by atoms with Crippen LogP contribution >= 0.6 is 0 Å². The summed E-state index contributed by atoms with van der Waals surface area (Å²) in [6.45, 7) is 4.26. The lowest BCUT2D eigenvalue weighted by Gasteiger charge is -2.21. The first kappa shape index (κ1) is 17.4. The molecule has 19 heavy (non-hydrogen) atoms. The molecule has 0 unspecified atom stereocenters. The lowest BCUT2D eigenvalue weighted by Crippen LogP contribution is -2.41. The van der Waals surface area contributed by atoms with Crippen LogP contribution in [0.4, 0.5) is 4.79 Å². The minimum absolute atomic E-state index is 0.0230. The van der Waals surface area contributed by atoms with Gasteiger partial charge in [-0.2, -0.15) is 0 Å². The first-order chi connectivity index (χ1) is 8.76. The molecule has 0 aromatic heterocycles. The largest absolute Gasteiger partial charge is 0.481 e. The second-order valence-electron chi connectivity index (χ2n) is 5.06. The minimum atomic E-state index is -0.971. The molecule has 7 heteroatoms. The Morgan fingerprint density at radius 2 is 1.84 bits per heavy atom. The van der Waals surface area contributed by atoms with Gasteiger partial charge in [0.2, 0.25) is 5.91 Å². The number of nitrogens with one attached hydrogen (secondary N) is 2. The molecule has 0 aromatic rings. The molecule has 7 nitrogen and oxygen atoms in total. The Balaban J connectivity index is 3.96. The molecule has 3 N–H and O–H groups in total. The molecular formula is C12H22N2O5. The SMILES string of the molecule is COCCCNC(=O)NC(=O)CC(C)(C)CC(=O)O. The highest BCUT2D eigenvalue weighted by Gasteiger charge is 2.25. The fourth-order valence-corrected chi connectivity index (χ4v) is 1.54. The molecule has 3 amide bonds. The van der Waals surface area contributed by atoms with Gasteiger partial charge in [0.05, 0.1) is 6.42 Å². The summed E-state index contributed by atoms with van der Waals surface area (Å²) in [7, 11) is 1.56. The first-order valence-electron chi connectivity index (χ1n) is 6.05. The summed E-state index contributed by atoms with van der Waals surface area (Å²) >= 11 is 0. The van der Waals surface area contributed by atoms with Gasteiger partial charge in [0.15, 0.2) is 0 Å². The lowest BCUT2D eigenvalue weighted by molar-refractivity contribution is -0.139. The van der Waals surface area contributed by atoms with Crippen LogP contribution in [0.3, 0.4) is 0 Å². The number of rotatable bonds is 8. The lowest BCUT2D eigenvalue weighted by atomic mass is 9.85. The quantitative estimate of drug-likeness (QED) is 0.566. The van der Waals surface area contributed by atoms with Crippen molar-refractivity contribution in [2.75, 3.05) is 20.3 Å². The van der Waals surface area contributed by atoms with Crippen LogP contribution in [-0.4, -0.2) is 43.3 Å². The number of methoxy groups -OCH3 is 1. The van der Waals surface area contributed by atoms with E-state index in [4.69, 9.17) is 9.84 Å². The third-order valence-electron chi connectivity index (χ3n) is 2.33. The average Bonchev–Trinajstić information content (AvgIpc) is 2.21. The number of amides is 3. The first-order valence-corrected chi connectivity index (χ1v) is 6.05. The zero-order chi connectivity index (χ0) is 14.9. The van der Waals surface area contributed by atoms with E-state index in [0.29, 0.717) is 19.6 Å². The van der Waals surface area contributed by atoms with Crippen molar-refractivity contribution < 1.29 is 24.2 Å². The standard InChI is InChI=1S/C12H22N2O5/c1-12(2,8-10(16)17)7-9(15)14-11(18)13-5-4-6-19-3/h4-8H2,1-3H3,(H,16,17)(H2,13,14,15,18). The van der Waals surface area contributed by atoms with Crippen LogP contribution in [0.5, 0.6) is 0 Å². The van der Waals surface area contributed by atoms with Crippen LogP contribution in [-0.2, 0) is 14.3 Å². The molecule has 0 aliphatic heterocycles. The summed E-state index contributed by atoms with van der Waals surface area (Å²) in [5.74, 6) is -1.46. The van der Waals surface area contributed by atoms with Crippen LogP contribution < -0.4 is 10.6 Å². The van der Waals surface area contributed by atoms with Crippen LogP contribution in [0.1, 0.15) is 33.1 Å². The third-order valence-corrected chi connectivity index (χ3v) is 2.33. The number of hydrogen-bond donors (Lipinski definition) is 3. The van der Waals surface area contributed by atoms with Crippen LogP contribution in [0.15, 0.2) is 0 Å². The van der Waals surface area contributed by atoms with Crippen molar-refractivity contribution in [3.05, 3.63) is 0 Å². The topological polar surface area (TPSA) is 105 Å². The van der Waals surface area contributed by atoms with Gasteiger partial charge in [-0.1, -0.05) is 13.8 Å². The van der Waals surface area contributed by atoms with E-state index in [9.17, 15) is 14.4 Å². The summed E-state index contributed by atoms with van der Waals surface area (Å²) in [5.41, 5.74) is -0.688. The Bertz CT molecular complexity index is 328. The van der Waals surface area contributed by atoms with E-state index in [0.717, 1.165) is 0 Å². The van der Waals surface area contributed by atoms with E-state index in [1.807, 2.05) is 0 Å². The van der Waals surface area contributed by atoms with Gasteiger partial charge in [-0.05, 0) is 11.8 Å². The third kappa shape index (κ3) is 10.0. The predicted octanol–water partition coefficient (Wildman–Crippen LogP) is 0.740.